The van der Waals surface area contributed by atoms with Crippen LogP contribution in [0.25, 0.3) is 0 Å². The highest BCUT2D eigenvalue weighted by atomic mass is 14.9. The van der Waals surface area contributed by atoms with Crippen LogP contribution in [0.5, 0.6) is 0 Å². The standard InChI is InChI=1S/C7H10N3/c1-9-5-6-3-2-4-10-7(6)8/h2-4,9H,1,5H2,(H2,8,10). The van der Waals surface area contributed by atoms with Gasteiger partial charge in [-0.2, -0.15) is 0 Å². The molecular weight excluding hydrogens is 126 g/mol. The molecule has 1 radical (unpaired) electrons. The number of nitrogens with one attached hydrogen (secondary N) is 1. The quantitative estimate of drug-likeness (QED) is 0.624. The number of rotatable bonds is 2. The molecule has 0 saturated carbocycles. The minimum Gasteiger partial charge on any atom is -0.383 e. The Kier molecular flexibility index (Phi) is 2.23. The lowest BCUT2D eigenvalue weighted by atomic mass is 10.2. The van der Waals surface area contributed by atoms with Gasteiger partial charge in [-0.25, -0.2) is 4.98 Å². The summed E-state index contributed by atoms with van der Waals surface area (Å²) in [5.74, 6) is 0.568. The largest absolute Gasteiger partial charge is 0.383 e. The molecule has 3 heteroatoms. The number of nitrogens with zero attached hydrogens (tertiary/aromatic N) is 1. The third-order valence-electron chi connectivity index (χ3n) is 1.24. The predicted octanol–water partition coefficient (Wildman–Crippen LogP) is 0.545. The molecule has 53 valence electrons. The van der Waals surface area contributed by atoms with Gasteiger partial charge in [-0.1, -0.05) is 6.07 Å². The highest BCUT2D eigenvalue weighted by Crippen LogP contribution is 2.04. The van der Waals surface area contributed by atoms with Gasteiger partial charge in [0.1, 0.15) is 5.82 Å². The Hall–Kier alpha value is -1.09. The monoisotopic (exact) mass is 136 g/mol. The molecule has 0 aromatic carbocycles. The lowest BCUT2D eigenvalue weighted by Crippen LogP contribution is -2.06. The second-order valence-electron chi connectivity index (χ2n) is 1.97. The minimum atomic E-state index is 0.568. The molecule has 0 aliphatic heterocycles. The molecule has 0 amide bonds. The van der Waals surface area contributed by atoms with Crippen molar-refractivity contribution in [2.45, 2.75) is 6.54 Å². The maximum atomic E-state index is 5.53. The number of hydrogen-bond acceptors (Lipinski definition) is 3. The van der Waals surface area contributed by atoms with Gasteiger partial charge in [0.15, 0.2) is 0 Å². The van der Waals surface area contributed by atoms with Crippen LogP contribution in [0.3, 0.4) is 0 Å². The molecule has 0 fully saturated rings. The van der Waals surface area contributed by atoms with Gasteiger partial charge in [0, 0.05) is 25.4 Å². The number of anilines is 1. The lowest BCUT2D eigenvalue weighted by molar-refractivity contribution is 0.863. The molecule has 10 heavy (non-hydrogen) atoms. The summed E-state index contributed by atoms with van der Waals surface area (Å²) < 4.78 is 0. The van der Waals surface area contributed by atoms with Gasteiger partial charge in [-0.05, 0) is 6.07 Å². The molecule has 0 bridgehead atoms. The number of nitrogen functional groups attached to an aromatic ring is 1. The van der Waals surface area contributed by atoms with Gasteiger partial charge >= 0.3 is 0 Å². The highest BCUT2D eigenvalue weighted by Gasteiger charge is 1.94. The van der Waals surface area contributed by atoms with Crippen LogP contribution < -0.4 is 11.1 Å². The number of aromatic nitrogens is 1. The van der Waals surface area contributed by atoms with Crippen LogP contribution >= 0.6 is 0 Å². The Morgan fingerprint density at radius 3 is 3.10 bits per heavy atom. The zero-order valence-corrected chi connectivity index (χ0v) is 5.67. The molecule has 0 spiro atoms. The topological polar surface area (TPSA) is 50.9 Å². The van der Waals surface area contributed by atoms with Crippen molar-refractivity contribution in [1.29, 1.82) is 0 Å². The smallest absolute Gasteiger partial charge is 0.127 e. The van der Waals surface area contributed by atoms with Crippen LogP contribution in [0.15, 0.2) is 18.3 Å². The molecule has 1 aromatic rings. The molecule has 3 N–H and O–H groups in total. The van der Waals surface area contributed by atoms with E-state index in [1.54, 1.807) is 6.20 Å². The molecule has 0 aliphatic carbocycles. The van der Waals surface area contributed by atoms with Crippen molar-refractivity contribution >= 4 is 5.82 Å². The summed E-state index contributed by atoms with van der Waals surface area (Å²) in [6, 6.07) is 3.77. The van der Waals surface area contributed by atoms with Crippen LogP contribution in [-0.2, 0) is 6.54 Å². The van der Waals surface area contributed by atoms with E-state index in [0.29, 0.717) is 12.4 Å². The molecule has 1 aromatic heterocycles. The molecule has 1 rings (SSSR count). The van der Waals surface area contributed by atoms with Crippen LogP contribution in [0, 0.1) is 7.05 Å². The molecule has 3 nitrogen and oxygen atoms in total. The fraction of sp³-hybridized carbons (Fsp3) is 0.143. The van der Waals surface area contributed by atoms with Gasteiger partial charge in [0.25, 0.3) is 0 Å². The summed E-state index contributed by atoms with van der Waals surface area (Å²) in [5.41, 5.74) is 6.51. The molecule has 1 heterocycles. The zero-order chi connectivity index (χ0) is 7.40. The van der Waals surface area contributed by atoms with Crippen molar-refractivity contribution in [3.63, 3.8) is 0 Å². The first kappa shape index (κ1) is 7.02. The van der Waals surface area contributed by atoms with Crippen LogP contribution in [-0.4, -0.2) is 4.98 Å². The minimum absolute atomic E-state index is 0.568. The summed E-state index contributed by atoms with van der Waals surface area (Å²) in [7, 11) is 3.49. The van der Waals surface area contributed by atoms with Crippen LogP contribution in [0.2, 0.25) is 0 Å². The second-order valence-corrected chi connectivity index (χ2v) is 1.97. The van der Waals surface area contributed by atoms with E-state index in [4.69, 9.17) is 5.73 Å². The fourth-order valence-electron chi connectivity index (χ4n) is 0.735. The molecule has 0 atom stereocenters. The van der Waals surface area contributed by atoms with E-state index in [1.165, 1.54) is 0 Å². The van der Waals surface area contributed by atoms with E-state index in [0.717, 1.165) is 5.56 Å². The van der Waals surface area contributed by atoms with E-state index < -0.39 is 0 Å². The number of pyridine rings is 1. The van der Waals surface area contributed by atoms with Gasteiger partial charge in [0.2, 0.25) is 0 Å². The second kappa shape index (κ2) is 3.17. The molecular formula is C7H10N3. The Labute approximate surface area is 60.3 Å². The summed E-state index contributed by atoms with van der Waals surface area (Å²) in [5, 5.41) is 2.75. The van der Waals surface area contributed by atoms with Crippen molar-refractivity contribution in [1.82, 2.24) is 10.3 Å². The Morgan fingerprint density at radius 1 is 1.70 bits per heavy atom. The molecule has 0 saturated heterocycles. The first-order valence-electron chi connectivity index (χ1n) is 3.04. The SMILES string of the molecule is [CH2]NCc1cccnc1N. The maximum Gasteiger partial charge on any atom is 0.127 e. The average Bonchev–Trinajstić information content (AvgIpc) is 1.94. The maximum absolute atomic E-state index is 5.53. The summed E-state index contributed by atoms with van der Waals surface area (Å²) in [4.78, 5) is 3.91. The van der Waals surface area contributed by atoms with Crippen molar-refractivity contribution in [3.05, 3.63) is 30.9 Å². The summed E-state index contributed by atoms with van der Waals surface area (Å²) in [6.07, 6.45) is 1.67. The third kappa shape index (κ3) is 1.45. The van der Waals surface area contributed by atoms with Crippen molar-refractivity contribution in [2.24, 2.45) is 0 Å². The molecule has 0 aliphatic rings. The van der Waals surface area contributed by atoms with Gasteiger partial charge in [-0.3, -0.25) is 0 Å². The van der Waals surface area contributed by atoms with Crippen molar-refractivity contribution in [2.75, 3.05) is 5.73 Å². The van der Waals surface area contributed by atoms with Gasteiger partial charge in [-0.15, -0.1) is 0 Å². The normalized spacial score (nSPS) is 9.70. The highest BCUT2D eigenvalue weighted by molar-refractivity contribution is 5.38. The third-order valence-corrected chi connectivity index (χ3v) is 1.24. The van der Waals surface area contributed by atoms with Crippen LogP contribution in [0.4, 0.5) is 5.82 Å². The number of nitrogens with two attached hydrogens (primary N) is 1. The fourth-order valence-corrected chi connectivity index (χ4v) is 0.735. The van der Waals surface area contributed by atoms with Crippen molar-refractivity contribution < 1.29 is 0 Å². The van der Waals surface area contributed by atoms with E-state index >= 15 is 0 Å². The first-order valence-corrected chi connectivity index (χ1v) is 3.04. The van der Waals surface area contributed by atoms with Crippen LogP contribution in [0.1, 0.15) is 5.56 Å². The molecule has 0 unspecified atom stereocenters. The summed E-state index contributed by atoms with van der Waals surface area (Å²) in [6.45, 7) is 0.666. The van der Waals surface area contributed by atoms with E-state index in [-0.39, 0.29) is 0 Å². The Morgan fingerprint density at radius 2 is 2.50 bits per heavy atom. The van der Waals surface area contributed by atoms with Gasteiger partial charge in [0.05, 0.1) is 0 Å². The Bertz CT molecular complexity index is 210. The average molecular weight is 136 g/mol. The summed E-state index contributed by atoms with van der Waals surface area (Å²) >= 11 is 0. The predicted molar refractivity (Wildman–Crippen MR) is 40.8 cm³/mol. The van der Waals surface area contributed by atoms with Gasteiger partial charge < -0.3 is 11.1 Å². The Balaban J connectivity index is 2.81. The first-order chi connectivity index (χ1) is 4.84. The van der Waals surface area contributed by atoms with Crippen molar-refractivity contribution in [3.8, 4) is 0 Å². The van der Waals surface area contributed by atoms with E-state index in [2.05, 4.69) is 17.3 Å². The zero-order valence-electron chi connectivity index (χ0n) is 5.67. The lowest BCUT2D eigenvalue weighted by Gasteiger charge is -2.00. The number of hydrogen-bond donors (Lipinski definition) is 2. The van der Waals surface area contributed by atoms with E-state index in [1.807, 2.05) is 12.1 Å². The van der Waals surface area contributed by atoms with E-state index in [9.17, 15) is 0 Å².